The minimum atomic E-state index is -0.0957. The highest BCUT2D eigenvalue weighted by Crippen LogP contribution is 2.25. The van der Waals surface area contributed by atoms with Crippen LogP contribution in [0.3, 0.4) is 0 Å². The fraction of sp³-hybridized carbons (Fsp3) is 0.500. The van der Waals surface area contributed by atoms with Gasteiger partial charge in [0.1, 0.15) is 11.6 Å². The van der Waals surface area contributed by atoms with Crippen molar-refractivity contribution < 1.29 is 0 Å². The van der Waals surface area contributed by atoms with Crippen molar-refractivity contribution in [3.8, 4) is 0 Å². The van der Waals surface area contributed by atoms with Crippen molar-refractivity contribution in [1.82, 2.24) is 29.8 Å². The van der Waals surface area contributed by atoms with E-state index in [4.69, 9.17) is 5.10 Å². The van der Waals surface area contributed by atoms with Gasteiger partial charge in [0.15, 0.2) is 11.5 Å². The molecular formula is C18H24N8. The minimum Gasteiger partial charge on any atom is -0.368 e. The zero-order valence-electron chi connectivity index (χ0n) is 15.6. The summed E-state index contributed by atoms with van der Waals surface area (Å²) in [4.78, 5) is 10.9. The molecule has 4 rings (SSSR count). The van der Waals surface area contributed by atoms with E-state index < -0.39 is 0 Å². The van der Waals surface area contributed by atoms with E-state index in [9.17, 15) is 0 Å². The first-order valence-electron chi connectivity index (χ1n) is 8.90. The third-order valence-corrected chi connectivity index (χ3v) is 4.55. The summed E-state index contributed by atoms with van der Waals surface area (Å²) in [6.45, 7) is 11.1. The average Bonchev–Trinajstić information content (AvgIpc) is 2.98. The molecule has 4 heterocycles. The smallest absolute Gasteiger partial charge is 0.178 e. The van der Waals surface area contributed by atoms with Gasteiger partial charge in [-0.2, -0.15) is 4.52 Å². The second kappa shape index (κ2) is 6.19. The Balaban J connectivity index is 1.40. The fourth-order valence-electron chi connectivity index (χ4n) is 3.03. The normalized spacial score (nSPS) is 15.3. The number of nitrogens with zero attached hydrogens (tertiary/aromatic N) is 7. The highest BCUT2D eigenvalue weighted by Gasteiger charge is 2.29. The quantitative estimate of drug-likeness (QED) is 0.769. The van der Waals surface area contributed by atoms with Crippen LogP contribution in [0.4, 0.5) is 11.6 Å². The average molecular weight is 352 g/mol. The van der Waals surface area contributed by atoms with Gasteiger partial charge in [0.05, 0.1) is 18.1 Å². The molecule has 0 saturated carbocycles. The van der Waals surface area contributed by atoms with Gasteiger partial charge in [0, 0.05) is 31.0 Å². The van der Waals surface area contributed by atoms with Gasteiger partial charge in [-0.3, -0.25) is 4.98 Å². The number of anilines is 2. The molecule has 1 aliphatic heterocycles. The third kappa shape index (κ3) is 3.18. The zero-order chi connectivity index (χ0) is 18.3. The Morgan fingerprint density at radius 2 is 1.92 bits per heavy atom. The zero-order valence-corrected chi connectivity index (χ0v) is 15.6. The van der Waals surface area contributed by atoms with Crippen molar-refractivity contribution in [2.45, 2.75) is 33.1 Å². The number of aryl methyl sites for hydroxylation is 1. The third-order valence-electron chi connectivity index (χ3n) is 4.55. The van der Waals surface area contributed by atoms with E-state index in [1.165, 1.54) is 0 Å². The molecule has 0 aromatic carbocycles. The number of fused-ring (bicyclic) bond motifs is 1. The molecule has 0 radical (unpaired) electrons. The number of aromatic nitrogens is 6. The SMILES string of the molecule is Cc1cnc(NCC2CN(c3ccc4nnc(C(C)(C)C)n4n3)C2)cn1. The molecule has 8 heteroatoms. The molecule has 136 valence electrons. The van der Waals surface area contributed by atoms with E-state index in [2.05, 4.69) is 51.2 Å². The van der Waals surface area contributed by atoms with Crippen molar-refractivity contribution in [2.24, 2.45) is 5.92 Å². The number of nitrogens with one attached hydrogen (secondary N) is 1. The van der Waals surface area contributed by atoms with Crippen LogP contribution >= 0.6 is 0 Å². The predicted molar refractivity (Wildman–Crippen MR) is 100 cm³/mol. The Kier molecular flexibility index (Phi) is 3.97. The first kappa shape index (κ1) is 16.7. The Morgan fingerprint density at radius 3 is 2.62 bits per heavy atom. The Labute approximate surface area is 152 Å². The maximum atomic E-state index is 4.76. The van der Waals surface area contributed by atoms with Crippen LogP contribution in [0.15, 0.2) is 24.5 Å². The van der Waals surface area contributed by atoms with Crippen LogP contribution in [0.5, 0.6) is 0 Å². The maximum Gasteiger partial charge on any atom is 0.178 e. The first-order valence-corrected chi connectivity index (χ1v) is 8.90. The van der Waals surface area contributed by atoms with E-state index in [0.717, 1.165) is 48.4 Å². The second-order valence-electron chi connectivity index (χ2n) is 7.93. The molecule has 0 aliphatic carbocycles. The van der Waals surface area contributed by atoms with E-state index in [-0.39, 0.29) is 5.41 Å². The van der Waals surface area contributed by atoms with Gasteiger partial charge in [-0.15, -0.1) is 15.3 Å². The summed E-state index contributed by atoms with van der Waals surface area (Å²) in [6, 6.07) is 4.00. The van der Waals surface area contributed by atoms with Crippen LogP contribution in [0, 0.1) is 12.8 Å². The molecule has 0 unspecified atom stereocenters. The minimum absolute atomic E-state index is 0.0957. The lowest BCUT2D eigenvalue weighted by Gasteiger charge is -2.40. The van der Waals surface area contributed by atoms with Crippen molar-refractivity contribution in [3.63, 3.8) is 0 Å². The van der Waals surface area contributed by atoms with Crippen LogP contribution in [-0.2, 0) is 5.41 Å². The number of hydrogen-bond donors (Lipinski definition) is 1. The standard InChI is InChI=1S/C18H24N8/c1-12-7-20-14(9-19-12)21-8-13-10-25(11-13)16-6-5-15-22-23-17(18(2,3)4)26(15)24-16/h5-7,9,13H,8,10-11H2,1-4H3,(H,20,21). The molecule has 1 aliphatic rings. The van der Waals surface area contributed by atoms with E-state index in [1.807, 2.05) is 23.6 Å². The Bertz CT molecular complexity index is 903. The van der Waals surface area contributed by atoms with E-state index in [0.29, 0.717) is 5.92 Å². The van der Waals surface area contributed by atoms with Crippen molar-refractivity contribution in [1.29, 1.82) is 0 Å². The topological polar surface area (TPSA) is 84.1 Å². The molecule has 26 heavy (non-hydrogen) atoms. The number of rotatable bonds is 4. The van der Waals surface area contributed by atoms with Crippen LogP contribution < -0.4 is 10.2 Å². The van der Waals surface area contributed by atoms with Gasteiger partial charge in [0.25, 0.3) is 0 Å². The van der Waals surface area contributed by atoms with Gasteiger partial charge in [0.2, 0.25) is 0 Å². The fourth-order valence-corrected chi connectivity index (χ4v) is 3.03. The van der Waals surface area contributed by atoms with Crippen LogP contribution in [0.2, 0.25) is 0 Å². The second-order valence-corrected chi connectivity index (χ2v) is 7.93. The largest absolute Gasteiger partial charge is 0.368 e. The highest BCUT2D eigenvalue weighted by atomic mass is 15.4. The maximum absolute atomic E-state index is 4.76. The van der Waals surface area contributed by atoms with Crippen LogP contribution in [0.1, 0.15) is 32.3 Å². The van der Waals surface area contributed by atoms with Crippen molar-refractivity contribution >= 4 is 17.3 Å². The lowest BCUT2D eigenvalue weighted by molar-refractivity contribution is 0.423. The number of hydrogen-bond acceptors (Lipinski definition) is 7. The molecule has 3 aromatic rings. The predicted octanol–water partition coefficient (Wildman–Crippen LogP) is 2.07. The lowest BCUT2D eigenvalue weighted by atomic mass is 9.96. The van der Waals surface area contributed by atoms with Crippen LogP contribution in [0.25, 0.3) is 5.65 Å². The summed E-state index contributed by atoms with van der Waals surface area (Å²) in [7, 11) is 0. The summed E-state index contributed by atoms with van der Waals surface area (Å²) in [5.74, 6) is 3.24. The molecule has 0 bridgehead atoms. The van der Waals surface area contributed by atoms with E-state index >= 15 is 0 Å². The van der Waals surface area contributed by atoms with Crippen molar-refractivity contribution in [3.05, 3.63) is 36.0 Å². The molecule has 3 aromatic heterocycles. The molecule has 0 amide bonds. The Hall–Kier alpha value is -2.77. The molecule has 0 spiro atoms. The summed E-state index contributed by atoms with van der Waals surface area (Å²) in [5.41, 5.74) is 1.62. The van der Waals surface area contributed by atoms with Gasteiger partial charge in [-0.25, -0.2) is 4.98 Å². The molecular weight excluding hydrogens is 328 g/mol. The summed E-state index contributed by atoms with van der Waals surface area (Å²) >= 11 is 0. The van der Waals surface area contributed by atoms with Crippen LogP contribution in [-0.4, -0.2) is 49.4 Å². The lowest BCUT2D eigenvalue weighted by Crippen LogP contribution is -2.50. The van der Waals surface area contributed by atoms with E-state index in [1.54, 1.807) is 12.4 Å². The molecule has 1 fully saturated rings. The van der Waals surface area contributed by atoms with Gasteiger partial charge in [-0.1, -0.05) is 20.8 Å². The summed E-state index contributed by atoms with van der Waals surface area (Å²) in [6.07, 6.45) is 3.56. The molecule has 8 nitrogen and oxygen atoms in total. The first-order chi connectivity index (χ1) is 12.4. The monoisotopic (exact) mass is 352 g/mol. The molecule has 0 atom stereocenters. The molecule has 1 N–H and O–H groups in total. The van der Waals surface area contributed by atoms with Gasteiger partial charge < -0.3 is 10.2 Å². The summed E-state index contributed by atoms with van der Waals surface area (Å²) < 4.78 is 1.86. The van der Waals surface area contributed by atoms with Gasteiger partial charge >= 0.3 is 0 Å². The highest BCUT2D eigenvalue weighted by molar-refractivity contribution is 5.48. The summed E-state index contributed by atoms with van der Waals surface area (Å²) in [5, 5.41) is 16.6. The van der Waals surface area contributed by atoms with Gasteiger partial charge in [-0.05, 0) is 19.1 Å². The molecule has 1 saturated heterocycles. The Morgan fingerprint density at radius 1 is 1.12 bits per heavy atom. The van der Waals surface area contributed by atoms with Crippen molar-refractivity contribution in [2.75, 3.05) is 29.9 Å².